The number of hydrogen-bond donors (Lipinski definition) is 1. The Hall–Kier alpha value is -3.06. The minimum absolute atomic E-state index is 0.263. The number of methoxy groups -OCH3 is 1. The molecule has 3 rings (SSSR count). The Bertz CT molecular complexity index is 987. The second kappa shape index (κ2) is 8.75. The Labute approximate surface area is 168 Å². The van der Waals surface area contributed by atoms with E-state index in [0.717, 1.165) is 11.3 Å². The van der Waals surface area contributed by atoms with Crippen LogP contribution in [0, 0.1) is 6.92 Å². The molecule has 0 aliphatic carbocycles. The quantitative estimate of drug-likeness (QED) is 0.656. The molecule has 2 aromatic carbocycles. The lowest BCUT2D eigenvalue weighted by Crippen LogP contribution is -2.24. The van der Waals surface area contributed by atoms with Gasteiger partial charge in [0.25, 0.3) is 5.91 Å². The number of carbonyl (C=O) groups excluding carboxylic acids is 1. The molecule has 0 unspecified atom stereocenters. The van der Waals surface area contributed by atoms with Crippen LogP contribution in [0.25, 0.3) is 5.69 Å². The molecule has 0 atom stereocenters. The molecule has 0 radical (unpaired) electrons. The van der Waals surface area contributed by atoms with E-state index in [0.29, 0.717) is 35.4 Å². The Morgan fingerprint density at radius 3 is 2.75 bits per heavy atom. The lowest BCUT2D eigenvalue weighted by Gasteiger charge is -2.11. The lowest BCUT2D eigenvalue weighted by molar-refractivity contribution is 0.0945. The first-order valence-electron chi connectivity index (χ1n) is 8.79. The molecule has 0 aliphatic heterocycles. The molecule has 0 fully saturated rings. The molecule has 8 heteroatoms. The summed E-state index contributed by atoms with van der Waals surface area (Å²) in [5.74, 6) is 0.983. The summed E-state index contributed by atoms with van der Waals surface area (Å²) in [7, 11) is 1.59. The van der Waals surface area contributed by atoms with E-state index in [1.54, 1.807) is 30.8 Å². The van der Waals surface area contributed by atoms with E-state index < -0.39 is 0 Å². The summed E-state index contributed by atoms with van der Waals surface area (Å²) in [6, 6.07) is 12.7. The minimum atomic E-state index is -0.306. The fraction of sp³-hybridized carbons (Fsp3) is 0.250. The number of rotatable bonds is 7. The third kappa shape index (κ3) is 4.26. The number of halogens is 1. The highest BCUT2D eigenvalue weighted by Gasteiger charge is 2.17. The van der Waals surface area contributed by atoms with E-state index in [4.69, 9.17) is 21.1 Å². The standard InChI is InChI=1S/C20H21ClN4O3/c1-4-28-18-10-14(8-9-17(18)27-3)12-22-20(26)19-13(2)25(24-23-19)16-7-5-6-15(21)11-16/h5-11H,4,12H2,1-3H3,(H,22,26). The van der Waals surface area contributed by atoms with Crippen LogP contribution in [0.2, 0.25) is 5.02 Å². The third-order valence-corrected chi connectivity index (χ3v) is 4.38. The van der Waals surface area contributed by atoms with Crippen molar-refractivity contribution in [3.8, 4) is 17.2 Å². The molecule has 1 amide bonds. The number of carbonyl (C=O) groups is 1. The maximum atomic E-state index is 12.6. The van der Waals surface area contributed by atoms with Crippen molar-refractivity contribution >= 4 is 17.5 Å². The minimum Gasteiger partial charge on any atom is -0.493 e. The number of nitrogens with zero attached hydrogens (tertiary/aromatic N) is 3. The van der Waals surface area contributed by atoms with Gasteiger partial charge in [-0.2, -0.15) is 0 Å². The molecule has 146 valence electrons. The van der Waals surface area contributed by atoms with Crippen molar-refractivity contribution in [1.29, 1.82) is 0 Å². The highest BCUT2D eigenvalue weighted by molar-refractivity contribution is 6.30. The van der Waals surface area contributed by atoms with E-state index in [2.05, 4.69) is 15.6 Å². The van der Waals surface area contributed by atoms with Gasteiger partial charge in [0.2, 0.25) is 0 Å². The average molecular weight is 401 g/mol. The topological polar surface area (TPSA) is 78.3 Å². The molecule has 0 saturated carbocycles. The monoisotopic (exact) mass is 400 g/mol. The average Bonchev–Trinajstić information content (AvgIpc) is 3.08. The highest BCUT2D eigenvalue weighted by Crippen LogP contribution is 2.28. The maximum Gasteiger partial charge on any atom is 0.274 e. The maximum absolute atomic E-state index is 12.6. The van der Waals surface area contributed by atoms with Crippen LogP contribution >= 0.6 is 11.6 Å². The Morgan fingerprint density at radius 2 is 2.04 bits per heavy atom. The third-order valence-electron chi connectivity index (χ3n) is 4.14. The summed E-state index contributed by atoms with van der Waals surface area (Å²) in [5, 5.41) is 11.5. The second-order valence-corrected chi connectivity index (χ2v) is 6.45. The molecule has 3 aromatic rings. The van der Waals surface area contributed by atoms with Gasteiger partial charge in [-0.05, 0) is 49.7 Å². The van der Waals surface area contributed by atoms with E-state index in [-0.39, 0.29) is 11.6 Å². The molecule has 1 heterocycles. The van der Waals surface area contributed by atoms with Gasteiger partial charge in [0, 0.05) is 11.6 Å². The SMILES string of the molecule is CCOc1cc(CNC(=O)c2nnn(-c3cccc(Cl)c3)c2C)ccc1OC. The number of nitrogens with one attached hydrogen (secondary N) is 1. The van der Waals surface area contributed by atoms with Crippen molar-refractivity contribution < 1.29 is 14.3 Å². The molecular formula is C20H21ClN4O3. The molecule has 0 saturated heterocycles. The molecular weight excluding hydrogens is 380 g/mol. The summed E-state index contributed by atoms with van der Waals surface area (Å²) >= 11 is 6.03. The molecule has 0 aliphatic rings. The van der Waals surface area contributed by atoms with Crippen LogP contribution in [0.5, 0.6) is 11.5 Å². The van der Waals surface area contributed by atoms with Gasteiger partial charge in [-0.3, -0.25) is 4.79 Å². The van der Waals surface area contributed by atoms with E-state index in [1.807, 2.05) is 37.3 Å². The Kier molecular flexibility index (Phi) is 6.16. The van der Waals surface area contributed by atoms with E-state index in [9.17, 15) is 4.79 Å². The van der Waals surface area contributed by atoms with Crippen molar-refractivity contribution in [2.45, 2.75) is 20.4 Å². The predicted octanol–water partition coefficient (Wildman–Crippen LogP) is 3.57. The van der Waals surface area contributed by atoms with Gasteiger partial charge in [0.1, 0.15) is 0 Å². The normalized spacial score (nSPS) is 10.6. The van der Waals surface area contributed by atoms with Crippen LogP contribution < -0.4 is 14.8 Å². The number of amides is 1. The molecule has 7 nitrogen and oxygen atoms in total. The van der Waals surface area contributed by atoms with Gasteiger partial charge >= 0.3 is 0 Å². The number of benzene rings is 2. The van der Waals surface area contributed by atoms with Gasteiger partial charge in [-0.25, -0.2) is 4.68 Å². The molecule has 0 bridgehead atoms. The fourth-order valence-electron chi connectivity index (χ4n) is 2.76. The van der Waals surface area contributed by atoms with E-state index in [1.165, 1.54) is 0 Å². The second-order valence-electron chi connectivity index (χ2n) is 6.02. The summed E-state index contributed by atoms with van der Waals surface area (Å²) in [4.78, 5) is 12.6. The molecule has 28 heavy (non-hydrogen) atoms. The molecule has 0 spiro atoms. The zero-order valence-corrected chi connectivity index (χ0v) is 16.7. The van der Waals surface area contributed by atoms with Gasteiger partial charge < -0.3 is 14.8 Å². The summed E-state index contributed by atoms with van der Waals surface area (Å²) in [5.41, 5.74) is 2.52. The Balaban J connectivity index is 1.73. The first-order chi connectivity index (χ1) is 13.5. The van der Waals surface area contributed by atoms with Crippen LogP contribution in [0.1, 0.15) is 28.7 Å². The largest absolute Gasteiger partial charge is 0.493 e. The number of aromatic nitrogens is 3. The Morgan fingerprint density at radius 1 is 1.21 bits per heavy atom. The summed E-state index contributed by atoms with van der Waals surface area (Å²) < 4.78 is 12.4. The molecule has 1 aromatic heterocycles. The van der Waals surface area contributed by atoms with Crippen molar-refractivity contribution in [3.63, 3.8) is 0 Å². The van der Waals surface area contributed by atoms with Crippen molar-refractivity contribution in [3.05, 3.63) is 64.4 Å². The van der Waals surface area contributed by atoms with E-state index >= 15 is 0 Å². The lowest BCUT2D eigenvalue weighted by atomic mass is 10.2. The summed E-state index contributed by atoms with van der Waals surface area (Å²) in [6.45, 7) is 4.54. The van der Waals surface area contributed by atoms with Gasteiger partial charge in [-0.15, -0.1) is 5.10 Å². The molecule has 1 N–H and O–H groups in total. The highest BCUT2D eigenvalue weighted by atomic mass is 35.5. The smallest absolute Gasteiger partial charge is 0.274 e. The van der Waals surface area contributed by atoms with Crippen LogP contribution in [0.15, 0.2) is 42.5 Å². The van der Waals surface area contributed by atoms with Crippen molar-refractivity contribution in [2.75, 3.05) is 13.7 Å². The predicted molar refractivity (Wildman–Crippen MR) is 106 cm³/mol. The first-order valence-corrected chi connectivity index (χ1v) is 9.17. The number of ether oxygens (including phenoxy) is 2. The van der Waals surface area contributed by atoms with Gasteiger partial charge in [0.05, 0.1) is 25.1 Å². The van der Waals surface area contributed by atoms with Crippen molar-refractivity contribution in [2.24, 2.45) is 0 Å². The first kappa shape index (κ1) is 19.7. The van der Waals surface area contributed by atoms with Gasteiger partial charge in [0.15, 0.2) is 17.2 Å². The fourth-order valence-corrected chi connectivity index (χ4v) is 2.94. The van der Waals surface area contributed by atoms with Crippen molar-refractivity contribution in [1.82, 2.24) is 20.3 Å². The van der Waals surface area contributed by atoms with Crippen LogP contribution in [0.3, 0.4) is 0 Å². The zero-order chi connectivity index (χ0) is 20.1. The van der Waals surface area contributed by atoms with Crippen LogP contribution in [-0.2, 0) is 6.54 Å². The van der Waals surface area contributed by atoms with Crippen LogP contribution in [-0.4, -0.2) is 34.6 Å². The van der Waals surface area contributed by atoms with Crippen LogP contribution in [0.4, 0.5) is 0 Å². The zero-order valence-electron chi connectivity index (χ0n) is 15.9. The van der Waals surface area contributed by atoms with Gasteiger partial charge in [-0.1, -0.05) is 28.9 Å². The number of hydrogen-bond acceptors (Lipinski definition) is 5. The summed E-state index contributed by atoms with van der Waals surface area (Å²) in [6.07, 6.45) is 0.